The van der Waals surface area contributed by atoms with E-state index in [0.29, 0.717) is 22.5 Å². The second-order valence-electron chi connectivity index (χ2n) is 5.91. The molecule has 4 rings (SSSR count). The van der Waals surface area contributed by atoms with Crippen LogP contribution in [-0.2, 0) is 0 Å². The van der Waals surface area contributed by atoms with E-state index in [0.717, 1.165) is 17.7 Å². The molecule has 4 amide bonds. The first-order valence-electron chi connectivity index (χ1n) is 7.79. The van der Waals surface area contributed by atoms with E-state index in [1.807, 2.05) is 0 Å². The zero-order chi connectivity index (χ0) is 16.7. The lowest BCUT2D eigenvalue weighted by molar-refractivity contribution is 0.0926. The second-order valence-corrected chi connectivity index (χ2v) is 5.91. The Balaban J connectivity index is 1.58. The Morgan fingerprint density at radius 3 is 2.25 bits per heavy atom. The Bertz CT molecular complexity index is 823. The Kier molecular flexibility index (Phi) is 3.30. The largest absolute Gasteiger partial charge is 0.335 e. The van der Waals surface area contributed by atoms with Crippen LogP contribution in [0.3, 0.4) is 0 Å². The third kappa shape index (κ3) is 2.52. The molecule has 2 aromatic rings. The number of hydrogen-bond acceptors (Lipinski definition) is 3. The summed E-state index contributed by atoms with van der Waals surface area (Å²) in [7, 11) is 0. The number of anilines is 2. The highest BCUT2D eigenvalue weighted by molar-refractivity contribution is 6.34. The number of fused-ring (bicyclic) bond motifs is 1. The van der Waals surface area contributed by atoms with E-state index >= 15 is 0 Å². The fourth-order valence-corrected chi connectivity index (χ4v) is 2.73. The van der Waals surface area contributed by atoms with Gasteiger partial charge in [0, 0.05) is 11.7 Å². The molecule has 1 saturated carbocycles. The van der Waals surface area contributed by atoms with Gasteiger partial charge in [-0.15, -0.1) is 0 Å². The average molecular weight is 321 g/mol. The van der Waals surface area contributed by atoms with Crippen LogP contribution in [0.15, 0.2) is 48.5 Å². The van der Waals surface area contributed by atoms with E-state index in [1.54, 1.807) is 48.5 Å². The summed E-state index contributed by atoms with van der Waals surface area (Å²) in [6, 6.07) is 13.4. The van der Waals surface area contributed by atoms with Crippen molar-refractivity contribution in [2.45, 2.75) is 18.9 Å². The van der Waals surface area contributed by atoms with Crippen LogP contribution in [0.1, 0.15) is 33.6 Å². The predicted molar refractivity (Wildman–Crippen MR) is 89.2 cm³/mol. The van der Waals surface area contributed by atoms with Crippen molar-refractivity contribution in [1.82, 2.24) is 5.32 Å². The van der Waals surface area contributed by atoms with Gasteiger partial charge < -0.3 is 10.6 Å². The van der Waals surface area contributed by atoms with Crippen LogP contribution in [0.2, 0.25) is 0 Å². The van der Waals surface area contributed by atoms with Crippen molar-refractivity contribution >= 4 is 29.2 Å². The zero-order valence-corrected chi connectivity index (χ0v) is 12.8. The minimum atomic E-state index is -0.352. The van der Waals surface area contributed by atoms with Gasteiger partial charge in [-0.3, -0.25) is 9.59 Å². The highest BCUT2D eigenvalue weighted by atomic mass is 16.2. The Labute approximate surface area is 138 Å². The molecule has 120 valence electrons. The van der Waals surface area contributed by atoms with E-state index in [1.165, 1.54) is 0 Å². The molecule has 2 aliphatic rings. The molecule has 1 heterocycles. The number of rotatable bonds is 3. The van der Waals surface area contributed by atoms with Crippen LogP contribution in [0, 0.1) is 0 Å². The van der Waals surface area contributed by atoms with E-state index in [2.05, 4.69) is 10.6 Å². The molecule has 0 atom stereocenters. The summed E-state index contributed by atoms with van der Waals surface area (Å²) in [5.74, 6) is -0.703. The van der Waals surface area contributed by atoms with Crippen LogP contribution < -0.4 is 15.5 Å². The third-order valence-electron chi connectivity index (χ3n) is 4.07. The minimum Gasteiger partial charge on any atom is -0.335 e. The normalized spacial score (nSPS) is 16.1. The summed E-state index contributed by atoms with van der Waals surface area (Å²) in [5, 5.41) is 5.55. The van der Waals surface area contributed by atoms with Gasteiger partial charge in [0.05, 0.1) is 16.8 Å². The number of benzene rings is 2. The summed E-state index contributed by atoms with van der Waals surface area (Å²) in [4.78, 5) is 38.0. The highest BCUT2D eigenvalue weighted by Gasteiger charge is 2.36. The lowest BCUT2D eigenvalue weighted by atomic mass is 10.1. The van der Waals surface area contributed by atoms with Gasteiger partial charge in [-0.05, 0) is 43.2 Å². The first-order chi connectivity index (χ1) is 11.6. The molecular weight excluding hydrogens is 306 g/mol. The number of nitrogens with one attached hydrogen (secondary N) is 2. The average Bonchev–Trinajstić information content (AvgIpc) is 3.34. The Morgan fingerprint density at radius 2 is 1.62 bits per heavy atom. The summed E-state index contributed by atoms with van der Waals surface area (Å²) in [5.41, 5.74) is 1.76. The van der Waals surface area contributed by atoms with Gasteiger partial charge in [0.15, 0.2) is 0 Å². The molecule has 24 heavy (non-hydrogen) atoms. The topological polar surface area (TPSA) is 78.5 Å². The van der Waals surface area contributed by atoms with Crippen LogP contribution in [-0.4, -0.2) is 23.9 Å². The lowest BCUT2D eigenvalue weighted by Gasteiger charge is -2.15. The molecule has 0 aromatic heterocycles. The molecule has 1 aliphatic heterocycles. The SMILES string of the molecule is O=C(Nc1cccc(N2C(=O)c3ccccc3C2=O)c1)NC1CC1. The fraction of sp³-hybridized carbons (Fsp3) is 0.167. The van der Waals surface area contributed by atoms with Gasteiger partial charge in [-0.25, -0.2) is 9.69 Å². The van der Waals surface area contributed by atoms with E-state index in [9.17, 15) is 14.4 Å². The van der Waals surface area contributed by atoms with Crippen molar-refractivity contribution in [3.05, 3.63) is 59.7 Å². The monoisotopic (exact) mass is 321 g/mol. The Morgan fingerprint density at radius 1 is 0.958 bits per heavy atom. The molecule has 1 fully saturated rings. The number of urea groups is 1. The van der Waals surface area contributed by atoms with Gasteiger partial charge in [-0.1, -0.05) is 18.2 Å². The molecule has 0 bridgehead atoms. The molecular formula is C18H15N3O3. The van der Waals surface area contributed by atoms with Crippen LogP contribution in [0.4, 0.5) is 16.2 Å². The molecule has 6 heteroatoms. The minimum absolute atomic E-state index is 0.254. The molecule has 0 unspecified atom stereocenters. The second kappa shape index (κ2) is 5.49. The van der Waals surface area contributed by atoms with Gasteiger partial charge in [0.25, 0.3) is 11.8 Å². The molecule has 0 spiro atoms. The molecule has 0 saturated heterocycles. The number of carbonyl (C=O) groups is 3. The van der Waals surface area contributed by atoms with Crippen LogP contribution >= 0.6 is 0 Å². The Hall–Kier alpha value is -3.15. The van der Waals surface area contributed by atoms with Gasteiger partial charge in [-0.2, -0.15) is 0 Å². The first-order valence-corrected chi connectivity index (χ1v) is 7.79. The van der Waals surface area contributed by atoms with E-state index in [4.69, 9.17) is 0 Å². The number of carbonyl (C=O) groups excluding carboxylic acids is 3. The van der Waals surface area contributed by atoms with Gasteiger partial charge in [0.2, 0.25) is 0 Å². The summed E-state index contributed by atoms with van der Waals surface area (Å²) < 4.78 is 0. The highest BCUT2D eigenvalue weighted by Crippen LogP contribution is 2.29. The molecule has 2 aromatic carbocycles. The van der Waals surface area contributed by atoms with E-state index in [-0.39, 0.29) is 23.9 Å². The van der Waals surface area contributed by atoms with Crippen LogP contribution in [0.5, 0.6) is 0 Å². The number of amides is 4. The predicted octanol–water partition coefficient (Wildman–Crippen LogP) is 2.77. The van der Waals surface area contributed by atoms with Gasteiger partial charge >= 0.3 is 6.03 Å². The molecule has 2 N–H and O–H groups in total. The lowest BCUT2D eigenvalue weighted by Crippen LogP contribution is -2.31. The maximum Gasteiger partial charge on any atom is 0.319 e. The molecule has 0 radical (unpaired) electrons. The van der Waals surface area contributed by atoms with Crippen molar-refractivity contribution in [2.24, 2.45) is 0 Å². The van der Waals surface area contributed by atoms with Crippen molar-refractivity contribution < 1.29 is 14.4 Å². The van der Waals surface area contributed by atoms with Gasteiger partial charge in [0.1, 0.15) is 0 Å². The van der Waals surface area contributed by atoms with Crippen LogP contribution in [0.25, 0.3) is 0 Å². The maximum absolute atomic E-state index is 12.5. The molecule has 6 nitrogen and oxygen atoms in total. The number of hydrogen-bond donors (Lipinski definition) is 2. The molecule has 1 aliphatic carbocycles. The number of nitrogens with zero attached hydrogens (tertiary/aromatic N) is 1. The third-order valence-corrected chi connectivity index (χ3v) is 4.07. The maximum atomic E-state index is 12.5. The summed E-state index contributed by atoms with van der Waals surface area (Å²) in [6.07, 6.45) is 2.00. The summed E-state index contributed by atoms with van der Waals surface area (Å²) >= 11 is 0. The standard InChI is InChI=1S/C18H15N3O3/c22-16-14-6-1-2-7-15(14)17(23)21(16)13-5-3-4-12(10-13)20-18(24)19-11-8-9-11/h1-7,10-11H,8-9H2,(H2,19,20,24). The van der Waals surface area contributed by atoms with Crippen molar-refractivity contribution in [1.29, 1.82) is 0 Å². The fourth-order valence-electron chi connectivity index (χ4n) is 2.73. The van der Waals surface area contributed by atoms with Crippen molar-refractivity contribution in [3.8, 4) is 0 Å². The summed E-state index contributed by atoms with van der Waals surface area (Å²) in [6.45, 7) is 0. The number of imide groups is 1. The van der Waals surface area contributed by atoms with E-state index < -0.39 is 0 Å². The quantitative estimate of drug-likeness (QED) is 0.853. The van der Waals surface area contributed by atoms with Crippen molar-refractivity contribution in [3.63, 3.8) is 0 Å². The smallest absolute Gasteiger partial charge is 0.319 e. The van der Waals surface area contributed by atoms with Crippen molar-refractivity contribution in [2.75, 3.05) is 10.2 Å². The first kappa shape index (κ1) is 14.4. The zero-order valence-electron chi connectivity index (χ0n) is 12.8.